The molecule has 0 radical (unpaired) electrons. The van der Waals surface area contributed by atoms with Crippen molar-refractivity contribution in [2.75, 3.05) is 0 Å². The Bertz CT molecular complexity index is 1190. The SMILES string of the molecule is C=Nc1c(/C=C(\C)C(=O)NCc2ccc(S(=O)(=O)c3ccccc3)cc2)cnn1C. The minimum Gasteiger partial charge on any atom is -0.348 e. The van der Waals surface area contributed by atoms with Gasteiger partial charge in [-0.25, -0.2) is 13.4 Å². The zero-order valence-corrected chi connectivity index (χ0v) is 17.6. The third-order valence-electron chi connectivity index (χ3n) is 4.55. The van der Waals surface area contributed by atoms with Gasteiger partial charge in [0.1, 0.15) is 0 Å². The highest BCUT2D eigenvalue weighted by atomic mass is 32.2. The maximum absolute atomic E-state index is 12.6. The van der Waals surface area contributed by atoms with E-state index in [0.717, 1.165) is 5.56 Å². The zero-order valence-electron chi connectivity index (χ0n) is 16.7. The number of carbonyl (C=O) groups excluding carboxylic acids is 1. The summed E-state index contributed by atoms with van der Waals surface area (Å²) in [7, 11) is -1.81. The lowest BCUT2D eigenvalue weighted by atomic mass is 10.2. The molecule has 30 heavy (non-hydrogen) atoms. The van der Waals surface area contributed by atoms with E-state index in [1.807, 2.05) is 0 Å². The first-order valence-corrected chi connectivity index (χ1v) is 10.7. The van der Waals surface area contributed by atoms with Gasteiger partial charge in [-0.05, 0) is 49.5 Å². The fourth-order valence-corrected chi connectivity index (χ4v) is 4.17. The third-order valence-corrected chi connectivity index (χ3v) is 6.34. The first kappa shape index (κ1) is 21.2. The fourth-order valence-electron chi connectivity index (χ4n) is 2.89. The molecule has 1 amide bonds. The number of hydrogen-bond donors (Lipinski definition) is 1. The number of aromatic nitrogens is 2. The summed E-state index contributed by atoms with van der Waals surface area (Å²) in [6.45, 7) is 5.49. The Balaban J connectivity index is 1.67. The van der Waals surface area contributed by atoms with Crippen LogP contribution in [0.15, 0.2) is 81.2 Å². The lowest BCUT2D eigenvalue weighted by molar-refractivity contribution is -0.117. The number of nitrogens with one attached hydrogen (secondary N) is 1. The smallest absolute Gasteiger partial charge is 0.247 e. The van der Waals surface area contributed by atoms with Crippen LogP contribution >= 0.6 is 0 Å². The number of aryl methyl sites for hydroxylation is 1. The molecule has 1 aromatic heterocycles. The van der Waals surface area contributed by atoms with Crippen LogP contribution in [0.4, 0.5) is 5.82 Å². The molecule has 1 N–H and O–H groups in total. The topological polar surface area (TPSA) is 93.4 Å². The van der Waals surface area contributed by atoms with E-state index in [1.165, 1.54) is 0 Å². The van der Waals surface area contributed by atoms with Crippen molar-refractivity contribution in [1.82, 2.24) is 15.1 Å². The molecule has 1 heterocycles. The standard InChI is InChI=1S/C22H22N4O3S/c1-16(13-18-15-25-26(3)21(18)23-2)22(27)24-14-17-9-11-20(12-10-17)30(28,29)19-7-5-4-6-8-19/h4-13,15H,2,14H2,1,3H3,(H,24,27)/b16-13+. The summed E-state index contributed by atoms with van der Waals surface area (Å²) in [5.41, 5.74) is 1.99. The van der Waals surface area contributed by atoms with Crippen LogP contribution in [0.1, 0.15) is 18.1 Å². The molecule has 2 aromatic carbocycles. The zero-order chi connectivity index (χ0) is 21.7. The Morgan fingerprint density at radius 1 is 1.13 bits per heavy atom. The second kappa shape index (κ2) is 8.87. The van der Waals surface area contributed by atoms with Gasteiger partial charge in [0.05, 0.1) is 16.0 Å². The minimum absolute atomic E-state index is 0.209. The molecule has 3 rings (SSSR count). The number of carbonyl (C=O) groups is 1. The Morgan fingerprint density at radius 3 is 2.40 bits per heavy atom. The molecule has 0 saturated heterocycles. The van der Waals surface area contributed by atoms with Crippen molar-refractivity contribution in [3.8, 4) is 0 Å². The number of sulfone groups is 1. The van der Waals surface area contributed by atoms with Crippen LogP contribution < -0.4 is 5.32 Å². The van der Waals surface area contributed by atoms with Crippen molar-refractivity contribution < 1.29 is 13.2 Å². The summed E-state index contributed by atoms with van der Waals surface area (Å²) in [6.07, 6.45) is 3.31. The molecule has 0 unspecified atom stereocenters. The summed E-state index contributed by atoms with van der Waals surface area (Å²) >= 11 is 0. The largest absolute Gasteiger partial charge is 0.348 e. The number of benzene rings is 2. The van der Waals surface area contributed by atoms with Gasteiger partial charge in [0.2, 0.25) is 15.7 Å². The van der Waals surface area contributed by atoms with Crippen LogP contribution in [-0.4, -0.2) is 30.8 Å². The maximum Gasteiger partial charge on any atom is 0.247 e. The van der Waals surface area contributed by atoms with Gasteiger partial charge in [0, 0.05) is 24.7 Å². The molecular weight excluding hydrogens is 400 g/mol. The minimum atomic E-state index is -3.56. The average Bonchev–Trinajstić information content (AvgIpc) is 3.11. The van der Waals surface area contributed by atoms with Crippen LogP contribution in [0.2, 0.25) is 0 Å². The molecule has 0 bridgehead atoms. The molecule has 3 aromatic rings. The van der Waals surface area contributed by atoms with Gasteiger partial charge < -0.3 is 5.32 Å². The van der Waals surface area contributed by atoms with E-state index in [2.05, 4.69) is 22.1 Å². The van der Waals surface area contributed by atoms with E-state index in [1.54, 1.807) is 85.5 Å². The van der Waals surface area contributed by atoms with Crippen LogP contribution in [0, 0.1) is 0 Å². The van der Waals surface area contributed by atoms with Crippen molar-refractivity contribution in [1.29, 1.82) is 0 Å². The van der Waals surface area contributed by atoms with E-state index >= 15 is 0 Å². The van der Waals surface area contributed by atoms with Gasteiger partial charge in [-0.2, -0.15) is 5.10 Å². The molecule has 7 nitrogen and oxygen atoms in total. The van der Waals surface area contributed by atoms with E-state index in [9.17, 15) is 13.2 Å². The summed E-state index contributed by atoms with van der Waals surface area (Å²) in [6, 6.07) is 14.7. The average molecular weight is 423 g/mol. The second-order valence-corrected chi connectivity index (χ2v) is 8.63. The Hall–Kier alpha value is -3.52. The molecule has 0 saturated carbocycles. The lowest BCUT2D eigenvalue weighted by Crippen LogP contribution is -2.23. The molecule has 0 atom stereocenters. The summed E-state index contributed by atoms with van der Waals surface area (Å²) < 4.78 is 26.8. The first-order valence-electron chi connectivity index (χ1n) is 9.17. The van der Waals surface area contributed by atoms with Crippen LogP contribution in [0.3, 0.4) is 0 Å². The quantitative estimate of drug-likeness (QED) is 0.467. The number of amides is 1. The third kappa shape index (κ3) is 4.55. The molecular formula is C22H22N4O3S. The highest BCUT2D eigenvalue weighted by Gasteiger charge is 2.17. The molecule has 8 heteroatoms. The Morgan fingerprint density at radius 2 is 1.77 bits per heavy atom. The lowest BCUT2D eigenvalue weighted by Gasteiger charge is -2.08. The van der Waals surface area contributed by atoms with Crippen LogP contribution in [-0.2, 0) is 28.2 Å². The summed E-state index contributed by atoms with van der Waals surface area (Å²) in [5, 5.41) is 6.92. The van der Waals surface area contributed by atoms with Crippen molar-refractivity contribution in [2.45, 2.75) is 23.3 Å². The summed E-state index contributed by atoms with van der Waals surface area (Å²) in [4.78, 5) is 16.8. The highest BCUT2D eigenvalue weighted by molar-refractivity contribution is 7.91. The summed E-state index contributed by atoms with van der Waals surface area (Å²) in [5.74, 6) is 0.340. The predicted molar refractivity (Wildman–Crippen MR) is 116 cm³/mol. The Kier molecular flexibility index (Phi) is 6.27. The van der Waals surface area contributed by atoms with Crippen LogP contribution in [0.25, 0.3) is 6.08 Å². The van der Waals surface area contributed by atoms with Gasteiger partial charge in [0.15, 0.2) is 5.82 Å². The Labute approximate surface area is 175 Å². The molecule has 0 spiro atoms. The molecule has 0 fully saturated rings. The van der Waals surface area contributed by atoms with Gasteiger partial charge in [-0.3, -0.25) is 9.48 Å². The van der Waals surface area contributed by atoms with E-state index in [4.69, 9.17) is 0 Å². The van der Waals surface area contributed by atoms with E-state index in [-0.39, 0.29) is 22.2 Å². The van der Waals surface area contributed by atoms with Gasteiger partial charge in [-0.15, -0.1) is 0 Å². The van der Waals surface area contributed by atoms with Crippen molar-refractivity contribution in [3.63, 3.8) is 0 Å². The first-order chi connectivity index (χ1) is 14.3. The number of aliphatic imine (C=N–C) groups is 1. The number of hydrogen-bond acceptors (Lipinski definition) is 5. The van der Waals surface area contributed by atoms with E-state index < -0.39 is 9.84 Å². The van der Waals surface area contributed by atoms with E-state index in [0.29, 0.717) is 17.0 Å². The molecule has 0 aliphatic carbocycles. The highest BCUT2D eigenvalue weighted by Crippen LogP contribution is 2.21. The molecule has 0 aliphatic rings. The van der Waals surface area contributed by atoms with Crippen molar-refractivity contribution in [2.24, 2.45) is 12.0 Å². The van der Waals surface area contributed by atoms with Crippen molar-refractivity contribution >= 4 is 34.4 Å². The predicted octanol–water partition coefficient (Wildman–Crippen LogP) is 3.30. The van der Waals surface area contributed by atoms with Gasteiger partial charge >= 0.3 is 0 Å². The fraction of sp³-hybridized carbons (Fsp3) is 0.136. The second-order valence-electron chi connectivity index (χ2n) is 6.68. The monoisotopic (exact) mass is 422 g/mol. The molecule has 154 valence electrons. The molecule has 0 aliphatic heterocycles. The maximum atomic E-state index is 12.6. The number of rotatable bonds is 7. The van der Waals surface area contributed by atoms with Crippen LogP contribution in [0.5, 0.6) is 0 Å². The van der Waals surface area contributed by atoms with Gasteiger partial charge in [-0.1, -0.05) is 30.3 Å². The van der Waals surface area contributed by atoms with Gasteiger partial charge in [0.25, 0.3) is 0 Å². The normalized spacial score (nSPS) is 11.9. The number of nitrogens with zero attached hydrogens (tertiary/aromatic N) is 3. The van der Waals surface area contributed by atoms with Crippen molar-refractivity contribution in [3.05, 3.63) is 77.5 Å².